The van der Waals surface area contributed by atoms with Crippen molar-refractivity contribution in [3.8, 4) is 28.0 Å². The predicted molar refractivity (Wildman–Crippen MR) is 134 cm³/mol. The zero-order chi connectivity index (χ0) is 25.4. The molecule has 0 saturated heterocycles. The van der Waals surface area contributed by atoms with Gasteiger partial charge in [0.1, 0.15) is 17.8 Å². The van der Waals surface area contributed by atoms with Gasteiger partial charge in [-0.3, -0.25) is 4.72 Å². The lowest BCUT2D eigenvalue weighted by molar-refractivity contribution is 0.416. The maximum absolute atomic E-state index is 13.8. The van der Waals surface area contributed by atoms with Gasteiger partial charge < -0.3 is 15.0 Å². The molecule has 3 aromatic carbocycles. The molecule has 2 heterocycles. The van der Waals surface area contributed by atoms with Gasteiger partial charge in [0.15, 0.2) is 11.6 Å². The molecule has 0 bridgehead atoms. The van der Waals surface area contributed by atoms with Crippen molar-refractivity contribution in [2.75, 3.05) is 17.6 Å². The Balaban J connectivity index is 1.64. The number of fused-ring (bicyclic) bond motifs is 1. The molecule has 0 amide bonds. The van der Waals surface area contributed by atoms with E-state index in [0.29, 0.717) is 38.4 Å². The van der Waals surface area contributed by atoms with E-state index in [1.54, 1.807) is 30.3 Å². The normalized spacial score (nSPS) is 11.5. The fourth-order valence-electron chi connectivity index (χ4n) is 3.81. The van der Waals surface area contributed by atoms with Crippen LogP contribution >= 0.6 is 11.6 Å². The second kappa shape index (κ2) is 9.10. The van der Waals surface area contributed by atoms with Crippen molar-refractivity contribution in [2.24, 2.45) is 0 Å². The summed E-state index contributed by atoms with van der Waals surface area (Å²) in [6.45, 7) is 0. The van der Waals surface area contributed by atoms with Gasteiger partial charge in [-0.05, 0) is 42.0 Å². The predicted octanol–water partition coefficient (Wildman–Crippen LogP) is 5.14. The van der Waals surface area contributed by atoms with Crippen LogP contribution in [0.5, 0.6) is 5.75 Å². The summed E-state index contributed by atoms with van der Waals surface area (Å²) in [6, 6.07) is 15.1. The van der Waals surface area contributed by atoms with Gasteiger partial charge in [-0.15, -0.1) is 10.2 Å². The fourth-order valence-corrected chi connectivity index (χ4v) is 5.09. The highest BCUT2D eigenvalue weighted by Gasteiger charge is 2.21. The molecular formula is C24H17ClFN5O4S. The van der Waals surface area contributed by atoms with E-state index in [1.165, 1.54) is 43.7 Å². The summed E-state index contributed by atoms with van der Waals surface area (Å²) in [6.07, 6.45) is 1.25. The van der Waals surface area contributed by atoms with E-state index < -0.39 is 15.8 Å². The van der Waals surface area contributed by atoms with E-state index >= 15 is 0 Å². The Bertz CT molecular complexity index is 1710. The first kappa shape index (κ1) is 23.5. The van der Waals surface area contributed by atoms with Crippen LogP contribution in [0.4, 0.5) is 16.0 Å². The lowest BCUT2D eigenvalue weighted by atomic mass is 9.97. The van der Waals surface area contributed by atoms with Crippen LogP contribution in [0.1, 0.15) is 0 Å². The van der Waals surface area contributed by atoms with Gasteiger partial charge in [0.25, 0.3) is 10.0 Å². The molecule has 2 aromatic heterocycles. The molecule has 5 rings (SSSR count). The summed E-state index contributed by atoms with van der Waals surface area (Å²) in [4.78, 5) is -0.0607. The van der Waals surface area contributed by atoms with E-state index in [0.717, 1.165) is 0 Å². The highest BCUT2D eigenvalue weighted by molar-refractivity contribution is 7.92. The summed E-state index contributed by atoms with van der Waals surface area (Å²) in [5.41, 5.74) is 8.58. The zero-order valence-corrected chi connectivity index (χ0v) is 20.1. The number of nitrogens with zero attached hydrogens (tertiary/aromatic N) is 3. The van der Waals surface area contributed by atoms with Crippen LogP contribution < -0.4 is 15.2 Å². The summed E-state index contributed by atoms with van der Waals surface area (Å²) < 4.78 is 51.9. The first-order valence-electron chi connectivity index (χ1n) is 10.4. The summed E-state index contributed by atoms with van der Waals surface area (Å²) in [5.74, 6) is 0.136. The number of aromatic nitrogens is 3. The standard InChI is InChI=1S/C24H17ClFN5O4S/c1-34-21-12-17(13-3-2-4-14(26)9-13)19(25)11-18(21)23-16-6-5-15(10-20(16)28-29-24(23)27)36(32,33)31-22-7-8-35-30-22/h2-12H,1H3,(H2,27,29)(H,30,31). The van der Waals surface area contributed by atoms with E-state index in [4.69, 9.17) is 22.1 Å². The van der Waals surface area contributed by atoms with E-state index in [2.05, 4.69) is 24.6 Å². The molecular weight excluding hydrogens is 509 g/mol. The Morgan fingerprint density at radius 1 is 1.06 bits per heavy atom. The van der Waals surface area contributed by atoms with Crippen molar-refractivity contribution >= 4 is 44.2 Å². The maximum atomic E-state index is 13.8. The second-order valence-corrected chi connectivity index (χ2v) is 9.76. The number of nitrogens with one attached hydrogen (secondary N) is 1. The number of hydrogen-bond acceptors (Lipinski definition) is 8. The molecule has 0 fully saturated rings. The number of methoxy groups -OCH3 is 1. The first-order chi connectivity index (χ1) is 17.3. The largest absolute Gasteiger partial charge is 0.496 e. The van der Waals surface area contributed by atoms with E-state index in [1.807, 2.05) is 0 Å². The van der Waals surface area contributed by atoms with Crippen LogP contribution in [0.15, 0.2) is 76.3 Å². The van der Waals surface area contributed by atoms with Crippen molar-refractivity contribution in [2.45, 2.75) is 4.90 Å². The van der Waals surface area contributed by atoms with Crippen LogP contribution in [-0.4, -0.2) is 30.9 Å². The number of ether oxygens (including phenoxy) is 1. The molecule has 0 atom stereocenters. The van der Waals surface area contributed by atoms with Crippen LogP contribution in [0.3, 0.4) is 0 Å². The Morgan fingerprint density at radius 2 is 1.89 bits per heavy atom. The quantitative estimate of drug-likeness (QED) is 0.311. The van der Waals surface area contributed by atoms with Gasteiger partial charge in [-0.2, -0.15) is 0 Å². The zero-order valence-electron chi connectivity index (χ0n) is 18.6. The SMILES string of the molecule is COc1cc(-c2cccc(F)c2)c(Cl)cc1-c1c(N)nnc2cc(S(=O)(=O)Nc3ccon3)ccc12. The molecule has 0 spiro atoms. The van der Waals surface area contributed by atoms with Crippen molar-refractivity contribution in [3.63, 3.8) is 0 Å². The molecule has 0 aliphatic heterocycles. The lowest BCUT2D eigenvalue weighted by Crippen LogP contribution is -2.13. The van der Waals surface area contributed by atoms with Crippen molar-refractivity contribution in [1.82, 2.24) is 15.4 Å². The molecule has 3 N–H and O–H groups in total. The fraction of sp³-hybridized carbons (Fsp3) is 0.0417. The molecule has 0 saturated carbocycles. The second-order valence-electron chi connectivity index (χ2n) is 7.67. The highest BCUT2D eigenvalue weighted by Crippen LogP contribution is 2.43. The summed E-state index contributed by atoms with van der Waals surface area (Å²) >= 11 is 6.60. The third kappa shape index (κ3) is 4.30. The molecule has 12 heteroatoms. The average Bonchev–Trinajstić information content (AvgIpc) is 3.36. The molecule has 0 radical (unpaired) electrons. The molecule has 5 aromatic rings. The molecule has 0 aliphatic rings. The van der Waals surface area contributed by atoms with Crippen molar-refractivity contribution < 1.29 is 22.1 Å². The number of halogens is 2. The topological polar surface area (TPSA) is 133 Å². The summed E-state index contributed by atoms with van der Waals surface area (Å²) in [5, 5.41) is 12.5. The Kier molecular flexibility index (Phi) is 5.94. The van der Waals surface area contributed by atoms with Crippen molar-refractivity contribution in [1.29, 1.82) is 0 Å². The number of rotatable bonds is 6. The van der Waals surface area contributed by atoms with Crippen LogP contribution in [0.25, 0.3) is 33.2 Å². The monoisotopic (exact) mass is 525 g/mol. The lowest BCUT2D eigenvalue weighted by Gasteiger charge is -2.16. The number of nitrogens with two attached hydrogens (primary N) is 1. The van der Waals surface area contributed by atoms with Crippen LogP contribution in [0, 0.1) is 5.82 Å². The van der Waals surface area contributed by atoms with Gasteiger partial charge in [-0.25, -0.2) is 12.8 Å². The minimum atomic E-state index is -3.97. The van der Waals surface area contributed by atoms with E-state index in [-0.39, 0.29) is 22.0 Å². The minimum absolute atomic E-state index is 0.0388. The van der Waals surface area contributed by atoms with Gasteiger partial charge in [0.05, 0.1) is 17.5 Å². The Morgan fingerprint density at radius 3 is 2.61 bits per heavy atom. The first-order valence-corrected chi connectivity index (χ1v) is 12.3. The van der Waals surface area contributed by atoms with Crippen molar-refractivity contribution in [3.05, 3.63) is 77.8 Å². The number of hydrogen-bond donors (Lipinski definition) is 2. The molecule has 0 unspecified atom stereocenters. The number of anilines is 2. The van der Waals surface area contributed by atoms with Gasteiger partial charge >= 0.3 is 0 Å². The molecule has 0 aliphatic carbocycles. The molecule has 36 heavy (non-hydrogen) atoms. The van der Waals surface area contributed by atoms with Gasteiger partial charge in [0.2, 0.25) is 0 Å². The third-order valence-electron chi connectivity index (χ3n) is 5.44. The smallest absolute Gasteiger partial charge is 0.263 e. The number of sulfonamides is 1. The Labute approximate surface area is 209 Å². The summed E-state index contributed by atoms with van der Waals surface area (Å²) in [7, 11) is -2.49. The number of nitrogen functional groups attached to an aromatic ring is 1. The number of benzene rings is 3. The molecule has 182 valence electrons. The third-order valence-corrected chi connectivity index (χ3v) is 7.11. The van der Waals surface area contributed by atoms with Crippen LogP contribution in [0.2, 0.25) is 5.02 Å². The van der Waals surface area contributed by atoms with Gasteiger partial charge in [-0.1, -0.05) is 35.0 Å². The average molecular weight is 526 g/mol. The molecule has 9 nitrogen and oxygen atoms in total. The van der Waals surface area contributed by atoms with Gasteiger partial charge in [0, 0.05) is 33.2 Å². The minimum Gasteiger partial charge on any atom is -0.496 e. The highest BCUT2D eigenvalue weighted by atomic mass is 35.5. The van der Waals surface area contributed by atoms with Crippen LogP contribution in [-0.2, 0) is 10.0 Å². The maximum Gasteiger partial charge on any atom is 0.263 e. The van der Waals surface area contributed by atoms with E-state index in [9.17, 15) is 12.8 Å². The Hall–Kier alpha value is -4.22.